The number of piperidine rings is 1. The first-order chi connectivity index (χ1) is 20.1. The molecule has 5 rings (SSSR count). The summed E-state index contributed by atoms with van der Waals surface area (Å²) in [6.45, 7) is 12.1. The van der Waals surface area contributed by atoms with E-state index in [1.54, 1.807) is 21.3 Å². The standard InChI is InChI=1S/C30H38N6O4S2/c1-6-35(7-2)30(37)24-10-8-9-23-27(24)31-18-32-29(23)33-19(3)17-22-13-15-36(16-14-22)42(38,39)26-12-11-25(41-26)28-20(4)21(5)34-40-28/h8-12,18-19,22H,6-7,13-17H2,1-5H3,(H,31,32,33)/t19-/m0/s1. The van der Waals surface area contributed by atoms with Gasteiger partial charge in [-0.05, 0) is 84.1 Å². The number of fused-ring (bicyclic) bond motifs is 1. The molecule has 12 heteroatoms. The van der Waals surface area contributed by atoms with Gasteiger partial charge in [0.2, 0.25) is 0 Å². The smallest absolute Gasteiger partial charge is 0.256 e. The van der Waals surface area contributed by atoms with E-state index in [1.807, 2.05) is 45.9 Å². The lowest BCUT2D eigenvalue weighted by molar-refractivity contribution is 0.0774. The van der Waals surface area contributed by atoms with Crippen LogP contribution in [0.5, 0.6) is 0 Å². The molecule has 0 radical (unpaired) electrons. The predicted octanol–water partition coefficient (Wildman–Crippen LogP) is 5.74. The normalized spacial score (nSPS) is 15.6. The van der Waals surface area contributed by atoms with Gasteiger partial charge in [0.1, 0.15) is 16.4 Å². The van der Waals surface area contributed by atoms with Crippen LogP contribution in [0.4, 0.5) is 5.82 Å². The zero-order valence-electron chi connectivity index (χ0n) is 24.8. The number of para-hydroxylation sites is 1. The van der Waals surface area contributed by atoms with Crippen LogP contribution < -0.4 is 5.32 Å². The summed E-state index contributed by atoms with van der Waals surface area (Å²) in [7, 11) is -3.58. The van der Waals surface area contributed by atoms with Gasteiger partial charge < -0.3 is 14.7 Å². The first-order valence-electron chi connectivity index (χ1n) is 14.5. The number of carbonyl (C=O) groups excluding carboxylic acids is 1. The van der Waals surface area contributed by atoms with E-state index in [-0.39, 0.29) is 11.9 Å². The van der Waals surface area contributed by atoms with Crippen LogP contribution in [0.25, 0.3) is 21.5 Å². The van der Waals surface area contributed by atoms with E-state index in [0.717, 1.165) is 40.8 Å². The Morgan fingerprint density at radius 3 is 2.55 bits per heavy atom. The second-order valence-corrected chi connectivity index (χ2v) is 14.1. The van der Waals surface area contributed by atoms with E-state index in [0.29, 0.717) is 59.0 Å². The molecule has 3 aromatic heterocycles. The number of thiophene rings is 1. The van der Waals surface area contributed by atoms with Crippen LogP contribution >= 0.6 is 11.3 Å². The molecule has 1 N–H and O–H groups in total. The molecule has 1 aromatic carbocycles. The minimum absolute atomic E-state index is 0.0352. The second-order valence-electron chi connectivity index (χ2n) is 10.9. The molecule has 1 aliphatic heterocycles. The summed E-state index contributed by atoms with van der Waals surface area (Å²) in [4.78, 5) is 24.6. The van der Waals surface area contributed by atoms with Gasteiger partial charge in [-0.3, -0.25) is 4.79 Å². The lowest BCUT2D eigenvalue weighted by Crippen LogP contribution is -2.39. The molecule has 0 aliphatic carbocycles. The second kappa shape index (κ2) is 12.5. The molecule has 4 aromatic rings. The summed E-state index contributed by atoms with van der Waals surface area (Å²) in [6.07, 6.45) is 3.96. The third-order valence-electron chi connectivity index (χ3n) is 8.15. The highest BCUT2D eigenvalue weighted by Gasteiger charge is 2.32. The largest absolute Gasteiger partial charge is 0.367 e. The van der Waals surface area contributed by atoms with Crippen LogP contribution in [0.3, 0.4) is 0 Å². The van der Waals surface area contributed by atoms with Crippen molar-refractivity contribution in [3.8, 4) is 10.6 Å². The maximum Gasteiger partial charge on any atom is 0.256 e. The molecule has 4 heterocycles. The number of aryl methyl sites for hydroxylation is 1. The molecule has 0 spiro atoms. The van der Waals surface area contributed by atoms with E-state index in [9.17, 15) is 13.2 Å². The van der Waals surface area contributed by atoms with Crippen LogP contribution in [0, 0.1) is 19.8 Å². The van der Waals surface area contributed by atoms with Crippen LogP contribution in [-0.4, -0.2) is 70.9 Å². The zero-order valence-corrected chi connectivity index (χ0v) is 26.4. The number of sulfonamides is 1. The number of rotatable bonds is 10. The maximum absolute atomic E-state index is 13.4. The number of hydrogen-bond acceptors (Lipinski definition) is 9. The quantitative estimate of drug-likeness (QED) is 0.241. The van der Waals surface area contributed by atoms with Crippen molar-refractivity contribution in [2.75, 3.05) is 31.5 Å². The summed E-state index contributed by atoms with van der Waals surface area (Å²) in [6, 6.07) is 9.19. The fourth-order valence-electron chi connectivity index (χ4n) is 5.59. The Morgan fingerprint density at radius 1 is 1.14 bits per heavy atom. The first-order valence-corrected chi connectivity index (χ1v) is 16.7. The minimum Gasteiger partial charge on any atom is -0.367 e. The lowest BCUT2D eigenvalue weighted by Gasteiger charge is -2.32. The van der Waals surface area contributed by atoms with E-state index in [1.165, 1.54) is 17.7 Å². The fraction of sp³-hybridized carbons (Fsp3) is 0.467. The van der Waals surface area contributed by atoms with Crippen molar-refractivity contribution in [3.63, 3.8) is 0 Å². The van der Waals surface area contributed by atoms with Crippen molar-refractivity contribution in [3.05, 3.63) is 53.5 Å². The third kappa shape index (κ3) is 5.93. The van der Waals surface area contributed by atoms with Gasteiger partial charge >= 0.3 is 0 Å². The van der Waals surface area contributed by atoms with E-state index in [4.69, 9.17) is 4.52 Å². The SMILES string of the molecule is CCN(CC)C(=O)c1cccc2c(N[C@@H](C)CC3CCN(S(=O)(=O)c4ccc(-c5onc(C)c5C)s4)CC3)ncnc12. The lowest BCUT2D eigenvalue weighted by atomic mass is 9.91. The number of anilines is 1. The number of nitrogens with zero attached hydrogens (tertiary/aromatic N) is 5. The van der Waals surface area contributed by atoms with Gasteiger partial charge in [-0.2, -0.15) is 4.31 Å². The molecule has 0 unspecified atom stereocenters. The van der Waals surface area contributed by atoms with E-state index >= 15 is 0 Å². The van der Waals surface area contributed by atoms with Crippen molar-refractivity contribution < 1.29 is 17.7 Å². The van der Waals surface area contributed by atoms with Crippen molar-refractivity contribution in [1.82, 2.24) is 24.3 Å². The molecule has 10 nitrogen and oxygen atoms in total. The summed E-state index contributed by atoms with van der Waals surface area (Å²) in [5.74, 6) is 1.67. The molecule has 1 saturated heterocycles. The number of aromatic nitrogens is 3. The predicted molar refractivity (Wildman–Crippen MR) is 165 cm³/mol. The Morgan fingerprint density at radius 2 is 1.88 bits per heavy atom. The molecular weight excluding hydrogens is 573 g/mol. The van der Waals surface area contributed by atoms with Crippen molar-refractivity contribution in [1.29, 1.82) is 0 Å². The molecule has 224 valence electrons. The number of nitrogens with one attached hydrogen (secondary N) is 1. The molecule has 0 bridgehead atoms. The van der Waals surface area contributed by atoms with Crippen molar-refractivity contribution in [2.24, 2.45) is 5.92 Å². The molecule has 1 amide bonds. The van der Waals surface area contributed by atoms with Gasteiger partial charge in [0.05, 0.1) is 21.7 Å². The van der Waals surface area contributed by atoms with Gasteiger partial charge in [-0.1, -0.05) is 11.2 Å². The number of benzene rings is 1. The van der Waals surface area contributed by atoms with Gasteiger partial charge in [0, 0.05) is 43.2 Å². The van der Waals surface area contributed by atoms with Gasteiger partial charge in [0.25, 0.3) is 15.9 Å². The number of amides is 1. The number of carbonyl (C=O) groups is 1. The van der Waals surface area contributed by atoms with Crippen LogP contribution in [0.2, 0.25) is 0 Å². The molecular formula is C30H38N6O4S2. The highest BCUT2D eigenvalue weighted by atomic mass is 32.2. The molecule has 42 heavy (non-hydrogen) atoms. The topological polar surface area (TPSA) is 122 Å². The highest BCUT2D eigenvalue weighted by molar-refractivity contribution is 7.91. The van der Waals surface area contributed by atoms with Crippen molar-refractivity contribution >= 4 is 44.0 Å². The Hall–Kier alpha value is -3.35. The zero-order chi connectivity index (χ0) is 30.0. The molecule has 0 saturated carbocycles. The fourth-order valence-corrected chi connectivity index (χ4v) is 8.55. The van der Waals surface area contributed by atoms with Crippen LogP contribution in [0.15, 0.2) is 45.4 Å². The Balaban J connectivity index is 1.21. The van der Waals surface area contributed by atoms with Crippen LogP contribution in [-0.2, 0) is 10.0 Å². The Labute approximate surface area is 251 Å². The van der Waals surface area contributed by atoms with Gasteiger partial charge in [-0.25, -0.2) is 18.4 Å². The highest BCUT2D eigenvalue weighted by Crippen LogP contribution is 2.36. The third-order valence-corrected chi connectivity index (χ3v) is 11.6. The molecule has 1 aliphatic rings. The molecule has 1 atom stereocenters. The Kier molecular flexibility index (Phi) is 8.95. The summed E-state index contributed by atoms with van der Waals surface area (Å²) in [5.41, 5.74) is 2.94. The average Bonchev–Trinajstić information content (AvgIpc) is 3.61. The minimum atomic E-state index is -3.58. The monoisotopic (exact) mass is 610 g/mol. The number of hydrogen-bond donors (Lipinski definition) is 1. The maximum atomic E-state index is 13.4. The average molecular weight is 611 g/mol. The molecule has 1 fully saturated rings. The summed E-state index contributed by atoms with van der Waals surface area (Å²) < 4.78 is 34.2. The summed E-state index contributed by atoms with van der Waals surface area (Å²) in [5, 5.41) is 8.34. The van der Waals surface area contributed by atoms with E-state index in [2.05, 4.69) is 27.4 Å². The van der Waals surface area contributed by atoms with Gasteiger partial charge in [-0.15, -0.1) is 11.3 Å². The van der Waals surface area contributed by atoms with E-state index < -0.39 is 10.0 Å². The first kappa shape index (κ1) is 30.1. The summed E-state index contributed by atoms with van der Waals surface area (Å²) >= 11 is 1.23. The van der Waals surface area contributed by atoms with Crippen molar-refractivity contribution in [2.45, 2.75) is 64.1 Å². The van der Waals surface area contributed by atoms with Crippen LogP contribution in [0.1, 0.15) is 61.6 Å². The Bertz CT molecular complexity index is 1670. The van der Waals surface area contributed by atoms with Gasteiger partial charge in [0.15, 0.2) is 5.76 Å².